The maximum Gasteiger partial charge on any atom is 0.338 e. The van der Waals surface area contributed by atoms with Gasteiger partial charge < -0.3 is 10.2 Å². The third-order valence-corrected chi connectivity index (χ3v) is 5.55. The van der Waals surface area contributed by atoms with E-state index in [2.05, 4.69) is 64.3 Å². The minimum atomic E-state index is -1.11. The standard InChI is InChI=1S/C24H20N6O3/c1-14-4-3-5-15(2)20(14)17-8-6-16(7-9-17)12-29-21-19(11-26-29)27-24(28-22(21)31)30-13-18(10-25-30)23(32)33/h3-11,13H,12H2,1-2H3,(H,32,33)(H,27,28,31). The van der Waals surface area contributed by atoms with Crippen LogP contribution < -0.4 is 0 Å². The summed E-state index contributed by atoms with van der Waals surface area (Å²) in [6.45, 7) is 4.64. The van der Waals surface area contributed by atoms with Gasteiger partial charge in [-0.05, 0) is 41.7 Å². The van der Waals surface area contributed by atoms with Crippen molar-refractivity contribution < 1.29 is 15.0 Å². The quantitative estimate of drug-likeness (QED) is 0.427. The van der Waals surface area contributed by atoms with Gasteiger partial charge in [0.2, 0.25) is 5.88 Å². The molecule has 5 rings (SSSR count). The Labute approximate surface area is 188 Å². The number of rotatable bonds is 5. The SMILES string of the molecule is Cc1cccc(C)c1-c1ccc(Cn2ncc3nc(-n4cc(C(=O)O)cn4)nc(O)c32)cc1. The van der Waals surface area contributed by atoms with Crippen LogP contribution in [0.4, 0.5) is 0 Å². The molecule has 2 N–H and O–H groups in total. The Morgan fingerprint density at radius 1 is 0.970 bits per heavy atom. The molecule has 0 unspecified atom stereocenters. The molecular formula is C24H20N6O3. The summed E-state index contributed by atoms with van der Waals surface area (Å²) in [5.74, 6) is -1.31. The normalized spacial score (nSPS) is 11.2. The average Bonchev–Trinajstić information content (AvgIpc) is 3.43. The molecule has 3 heterocycles. The van der Waals surface area contributed by atoms with Crippen molar-refractivity contribution >= 4 is 17.0 Å². The van der Waals surface area contributed by atoms with Crippen molar-refractivity contribution in [1.82, 2.24) is 29.5 Å². The maximum absolute atomic E-state index is 11.1. The molecule has 2 aromatic carbocycles. The van der Waals surface area contributed by atoms with Gasteiger partial charge in [-0.15, -0.1) is 0 Å². The highest BCUT2D eigenvalue weighted by atomic mass is 16.4. The predicted octanol–water partition coefficient (Wildman–Crippen LogP) is 3.75. The summed E-state index contributed by atoms with van der Waals surface area (Å²) in [5.41, 5.74) is 6.67. The molecule has 0 saturated carbocycles. The van der Waals surface area contributed by atoms with Crippen LogP contribution >= 0.6 is 0 Å². The molecule has 0 saturated heterocycles. The summed E-state index contributed by atoms with van der Waals surface area (Å²) < 4.78 is 2.83. The summed E-state index contributed by atoms with van der Waals surface area (Å²) in [6.07, 6.45) is 4.01. The minimum Gasteiger partial charge on any atom is -0.492 e. The van der Waals surface area contributed by atoms with Gasteiger partial charge in [-0.2, -0.15) is 15.2 Å². The first-order chi connectivity index (χ1) is 15.9. The molecule has 0 atom stereocenters. The van der Waals surface area contributed by atoms with Gasteiger partial charge in [0.05, 0.1) is 24.5 Å². The van der Waals surface area contributed by atoms with Gasteiger partial charge in [0, 0.05) is 6.20 Å². The lowest BCUT2D eigenvalue weighted by molar-refractivity contribution is 0.0697. The number of nitrogens with zero attached hydrogens (tertiary/aromatic N) is 6. The Kier molecular flexibility index (Phi) is 4.86. The van der Waals surface area contributed by atoms with E-state index in [4.69, 9.17) is 5.11 Å². The molecule has 164 valence electrons. The second kappa shape index (κ2) is 7.86. The largest absolute Gasteiger partial charge is 0.492 e. The molecule has 5 aromatic rings. The summed E-state index contributed by atoms with van der Waals surface area (Å²) >= 11 is 0. The number of fused-ring (bicyclic) bond motifs is 1. The van der Waals surface area contributed by atoms with Gasteiger partial charge in [-0.1, -0.05) is 42.5 Å². The number of aryl methyl sites for hydroxylation is 2. The van der Waals surface area contributed by atoms with Gasteiger partial charge in [0.25, 0.3) is 5.95 Å². The molecule has 0 aliphatic rings. The lowest BCUT2D eigenvalue weighted by Crippen LogP contribution is -2.05. The summed E-state index contributed by atoms with van der Waals surface area (Å²) in [4.78, 5) is 19.5. The van der Waals surface area contributed by atoms with E-state index in [0.29, 0.717) is 17.6 Å². The summed E-state index contributed by atoms with van der Waals surface area (Å²) in [5, 5.41) is 27.9. The maximum atomic E-state index is 11.1. The Balaban J connectivity index is 1.44. The van der Waals surface area contributed by atoms with E-state index >= 15 is 0 Å². The van der Waals surface area contributed by atoms with E-state index in [-0.39, 0.29) is 17.4 Å². The number of carbonyl (C=O) groups is 1. The van der Waals surface area contributed by atoms with Crippen LogP contribution in [0.25, 0.3) is 28.1 Å². The Hall–Kier alpha value is -4.53. The number of carboxylic acids is 1. The van der Waals surface area contributed by atoms with Gasteiger partial charge in [0.15, 0.2) is 0 Å². The highest BCUT2D eigenvalue weighted by molar-refractivity contribution is 5.87. The fourth-order valence-corrected chi connectivity index (χ4v) is 3.95. The van der Waals surface area contributed by atoms with Crippen LogP contribution in [-0.4, -0.2) is 45.7 Å². The number of benzene rings is 2. The van der Waals surface area contributed by atoms with E-state index in [1.165, 1.54) is 40.0 Å². The zero-order valence-electron chi connectivity index (χ0n) is 18.0. The second-order valence-electron chi connectivity index (χ2n) is 7.83. The molecule has 0 fully saturated rings. The Morgan fingerprint density at radius 3 is 2.36 bits per heavy atom. The van der Waals surface area contributed by atoms with Crippen LogP contribution in [0.3, 0.4) is 0 Å². The second-order valence-corrected chi connectivity index (χ2v) is 7.83. The number of aromatic carboxylic acids is 1. The molecule has 0 spiro atoms. The van der Waals surface area contributed by atoms with Gasteiger partial charge >= 0.3 is 5.97 Å². The number of aromatic nitrogens is 6. The number of hydrogen-bond donors (Lipinski definition) is 2. The van der Waals surface area contributed by atoms with Gasteiger partial charge in [0.1, 0.15) is 11.0 Å². The first kappa shape index (κ1) is 20.4. The summed E-state index contributed by atoms with van der Waals surface area (Å²) in [7, 11) is 0. The molecule has 9 nitrogen and oxygen atoms in total. The average molecular weight is 440 g/mol. The zero-order valence-corrected chi connectivity index (χ0v) is 18.0. The third kappa shape index (κ3) is 3.69. The first-order valence-electron chi connectivity index (χ1n) is 10.3. The van der Waals surface area contributed by atoms with Crippen LogP contribution in [0, 0.1) is 13.8 Å². The van der Waals surface area contributed by atoms with E-state index in [9.17, 15) is 9.90 Å². The van der Waals surface area contributed by atoms with Crippen LogP contribution in [0.1, 0.15) is 27.0 Å². The van der Waals surface area contributed by atoms with E-state index in [1.54, 1.807) is 4.68 Å². The molecule has 0 aliphatic heterocycles. The molecule has 0 aliphatic carbocycles. The topological polar surface area (TPSA) is 119 Å². The summed E-state index contributed by atoms with van der Waals surface area (Å²) in [6, 6.07) is 14.5. The fraction of sp³-hybridized carbons (Fsp3) is 0.125. The number of carboxylic acid groups (broad SMARTS) is 1. The van der Waals surface area contributed by atoms with Crippen molar-refractivity contribution in [3.8, 4) is 23.0 Å². The monoisotopic (exact) mass is 440 g/mol. The van der Waals surface area contributed by atoms with Crippen molar-refractivity contribution in [3.63, 3.8) is 0 Å². The Morgan fingerprint density at radius 2 is 1.70 bits per heavy atom. The van der Waals surface area contributed by atoms with Crippen molar-refractivity contribution in [1.29, 1.82) is 0 Å². The van der Waals surface area contributed by atoms with Crippen LogP contribution in [-0.2, 0) is 6.54 Å². The van der Waals surface area contributed by atoms with E-state index < -0.39 is 5.97 Å². The van der Waals surface area contributed by atoms with Gasteiger partial charge in [-0.3, -0.25) is 4.68 Å². The first-order valence-corrected chi connectivity index (χ1v) is 10.3. The lowest BCUT2D eigenvalue weighted by atomic mass is 9.95. The van der Waals surface area contributed by atoms with Crippen molar-refractivity contribution in [2.24, 2.45) is 0 Å². The highest BCUT2D eigenvalue weighted by Crippen LogP contribution is 2.28. The molecule has 3 aromatic heterocycles. The molecular weight excluding hydrogens is 420 g/mol. The predicted molar refractivity (Wildman–Crippen MR) is 122 cm³/mol. The van der Waals surface area contributed by atoms with Crippen molar-refractivity contribution in [2.45, 2.75) is 20.4 Å². The van der Waals surface area contributed by atoms with Gasteiger partial charge in [-0.25, -0.2) is 14.5 Å². The number of hydrogen-bond acceptors (Lipinski definition) is 6. The third-order valence-electron chi connectivity index (χ3n) is 5.55. The molecule has 9 heteroatoms. The zero-order chi connectivity index (χ0) is 23.1. The molecule has 0 bridgehead atoms. The van der Waals surface area contributed by atoms with Crippen LogP contribution in [0.5, 0.6) is 5.88 Å². The van der Waals surface area contributed by atoms with Crippen LogP contribution in [0.15, 0.2) is 61.1 Å². The van der Waals surface area contributed by atoms with Crippen molar-refractivity contribution in [2.75, 3.05) is 0 Å². The lowest BCUT2D eigenvalue weighted by Gasteiger charge is -2.11. The highest BCUT2D eigenvalue weighted by Gasteiger charge is 2.16. The fourth-order valence-electron chi connectivity index (χ4n) is 3.95. The van der Waals surface area contributed by atoms with Crippen LogP contribution in [0.2, 0.25) is 0 Å². The molecule has 0 amide bonds. The van der Waals surface area contributed by atoms with Crippen molar-refractivity contribution in [3.05, 3.63) is 83.3 Å². The molecule has 33 heavy (non-hydrogen) atoms. The molecule has 0 radical (unpaired) electrons. The van der Waals surface area contributed by atoms with E-state index in [1.807, 2.05) is 12.1 Å². The van der Waals surface area contributed by atoms with E-state index in [0.717, 1.165) is 11.1 Å². The minimum absolute atomic E-state index is 0.00165. The Bertz CT molecular complexity index is 1480. The number of aromatic hydroxyl groups is 1. The smallest absolute Gasteiger partial charge is 0.338 e.